The first-order valence-electron chi connectivity index (χ1n) is 9.94. The average molecular weight is 383 g/mol. The van der Waals surface area contributed by atoms with E-state index in [-0.39, 0.29) is 24.5 Å². The first-order chi connectivity index (χ1) is 13.7. The number of carbonyl (C=O) groups is 1. The van der Waals surface area contributed by atoms with Crippen molar-refractivity contribution in [2.45, 2.75) is 44.4 Å². The molecule has 5 nitrogen and oxygen atoms in total. The predicted octanol–water partition coefficient (Wildman–Crippen LogP) is 4.15. The third kappa shape index (κ3) is 5.23. The van der Waals surface area contributed by atoms with Gasteiger partial charge in [0.1, 0.15) is 18.2 Å². The van der Waals surface area contributed by atoms with Crippen molar-refractivity contribution in [3.8, 4) is 5.75 Å². The van der Waals surface area contributed by atoms with Gasteiger partial charge in [0, 0.05) is 36.9 Å². The molecule has 2 amide bonds. The Bertz CT molecular complexity index is 817. The number of nitrogens with one attached hydrogen (secondary N) is 2. The predicted molar refractivity (Wildman–Crippen MR) is 107 cm³/mol. The van der Waals surface area contributed by atoms with Crippen LogP contribution in [0, 0.1) is 5.82 Å². The Morgan fingerprint density at radius 3 is 2.61 bits per heavy atom. The summed E-state index contributed by atoms with van der Waals surface area (Å²) in [4.78, 5) is 14.9. The van der Waals surface area contributed by atoms with E-state index in [4.69, 9.17) is 4.74 Å². The lowest BCUT2D eigenvalue weighted by Crippen LogP contribution is -2.46. The van der Waals surface area contributed by atoms with Crippen LogP contribution in [0.2, 0.25) is 0 Å². The zero-order valence-corrected chi connectivity index (χ0v) is 15.9. The molecule has 1 saturated carbocycles. The number of urea groups is 1. The Morgan fingerprint density at radius 2 is 1.86 bits per heavy atom. The Morgan fingerprint density at radius 1 is 1.07 bits per heavy atom. The normalized spacial score (nSPS) is 17.9. The average Bonchev–Trinajstić information content (AvgIpc) is 3.53. The van der Waals surface area contributed by atoms with Crippen LogP contribution >= 0.6 is 0 Å². The summed E-state index contributed by atoms with van der Waals surface area (Å²) in [6.45, 7) is 2.41. The molecule has 1 saturated heterocycles. The number of anilines is 1. The van der Waals surface area contributed by atoms with Crippen molar-refractivity contribution in [2.24, 2.45) is 0 Å². The van der Waals surface area contributed by atoms with Crippen molar-refractivity contribution in [1.82, 2.24) is 10.2 Å². The van der Waals surface area contributed by atoms with Gasteiger partial charge in [-0.1, -0.05) is 18.2 Å². The summed E-state index contributed by atoms with van der Waals surface area (Å²) in [5, 5.41) is 5.95. The fraction of sp³-hybridized carbons (Fsp3) is 0.409. The van der Waals surface area contributed by atoms with Gasteiger partial charge in [0.2, 0.25) is 0 Å². The van der Waals surface area contributed by atoms with Crippen molar-refractivity contribution in [1.29, 1.82) is 0 Å². The molecule has 28 heavy (non-hydrogen) atoms. The summed E-state index contributed by atoms with van der Waals surface area (Å²) in [5.41, 5.74) is 1.43. The zero-order valence-electron chi connectivity index (χ0n) is 15.9. The van der Waals surface area contributed by atoms with E-state index in [0.717, 1.165) is 37.5 Å². The number of ether oxygens (including phenoxy) is 1. The SMILES string of the molecule is O=C(Nc1cccc(OCc2cccc(F)c2)c1)NC1CCN(C2CC2)CC1. The highest BCUT2D eigenvalue weighted by molar-refractivity contribution is 5.89. The maximum Gasteiger partial charge on any atom is 0.319 e. The first-order valence-corrected chi connectivity index (χ1v) is 9.94. The van der Waals surface area contributed by atoms with Gasteiger partial charge in [-0.3, -0.25) is 0 Å². The van der Waals surface area contributed by atoms with Gasteiger partial charge in [0.15, 0.2) is 0 Å². The number of amides is 2. The van der Waals surface area contributed by atoms with E-state index in [0.29, 0.717) is 11.4 Å². The van der Waals surface area contributed by atoms with Crippen LogP contribution in [0.3, 0.4) is 0 Å². The van der Waals surface area contributed by atoms with Gasteiger partial charge in [-0.2, -0.15) is 0 Å². The van der Waals surface area contributed by atoms with E-state index in [1.54, 1.807) is 12.1 Å². The van der Waals surface area contributed by atoms with Crippen LogP contribution in [0.1, 0.15) is 31.2 Å². The van der Waals surface area contributed by atoms with E-state index in [1.807, 2.05) is 24.3 Å². The van der Waals surface area contributed by atoms with Crippen molar-refractivity contribution >= 4 is 11.7 Å². The number of likely N-dealkylation sites (tertiary alicyclic amines) is 1. The van der Waals surface area contributed by atoms with Crippen molar-refractivity contribution < 1.29 is 13.9 Å². The van der Waals surface area contributed by atoms with Crippen LogP contribution in [0.5, 0.6) is 5.75 Å². The monoisotopic (exact) mass is 383 g/mol. The Kier molecular flexibility index (Phi) is 5.76. The molecule has 0 spiro atoms. The van der Waals surface area contributed by atoms with E-state index < -0.39 is 0 Å². The minimum absolute atomic E-state index is 0.188. The van der Waals surface area contributed by atoms with Gasteiger partial charge in [-0.15, -0.1) is 0 Å². The highest BCUT2D eigenvalue weighted by atomic mass is 19.1. The fourth-order valence-corrected chi connectivity index (χ4v) is 3.66. The lowest BCUT2D eigenvalue weighted by atomic mass is 10.1. The molecular weight excluding hydrogens is 357 g/mol. The molecule has 1 aliphatic carbocycles. The lowest BCUT2D eigenvalue weighted by molar-refractivity contribution is 0.189. The molecule has 148 valence electrons. The van der Waals surface area contributed by atoms with Gasteiger partial charge in [-0.25, -0.2) is 9.18 Å². The van der Waals surface area contributed by atoms with E-state index in [9.17, 15) is 9.18 Å². The van der Waals surface area contributed by atoms with Gasteiger partial charge in [-0.05, 0) is 55.5 Å². The largest absolute Gasteiger partial charge is 0.489 e. The molecular formula is C22H26FN3O2. The first kappa shape index (κ1) is 18.7. The standard InChI is InChI=1S/C22H26FN3O2/c23-17-4-1-3-16(13-17)15-28-21-6-2-5-19(14-21)25-22(27)24-18-9-11-26(12-10-18)20-7-8-20/h1-6,13-14,18,20H,7-12,15H2,(H2,24,25,27). The molecule has 2 fully saturated rings. The topological polar surface area (TPSA) is 53.6 Å². The highest BCUT2D eigenvalue weighted by Crippen LogP contribution is 2.29. The minimum atomic E-state index is -0.281. The van der Waals surface area contributed by atoms with Gasteiger partial charge < -0.3 is 20.3 Å². The van der Waals surface area contributed by atoms with E-state index in [2.05, 4.69) is 15.5 Å². The number of hydrogen-bond acceptors (Lipinski definition) is 3. The second-order valence-corrected chi connectivity index (χ2v) is 7.59. The molecule has 6 heteroatoms. The smallest absolute Gasteiger partial charge is 0.319 e. The molecule has 2 aromatic carbocycles. The maximum absolute atomic E-state index is 13.2. The van der Waals surface area contributed by atoms with E-state index >= 15 is 0 Å². The van der Waals surface area contributed by atoms with Crippen LogP contribution < -0.4 is 15.4 Å². The van der Waals surface area contributed by atoms with Crippen LogP contribution in [-0.4, -0.2) is 36.1 Å². The third-order valence-corrected chi connectivity index (χ3v) is 5.31. The van der Waals surface area contributed by atoms with Crippen molar-refractivity contribution in [3.05, 3.63) is 59.9 Å². The molecule has 0 bridgehead atoms. The summed E-state index contributed by atoms with van der Waals surface area (Å²) >= 11 is 0. The summed E-state index contributed by atoms with van der Waals surface area (Å²) in [5.74, 6) is 0.343. The number of rotatable bonds is 6. The van der Waals surface area contributed by atoms with Gasteiger partial charge in [0.25, 0.3) is 0 Å². The minimum Gasteiger partial charge on any atom is -0.489 e. The Labute approximate surface area is 164 Å². The molecule has 0 atom stereocenters. The van der Waals surface area contributed by atoms with Gasteiger partial charge >= 0.3 is 6.03 Å². The number of benzene rings is 2. The molecule has 2 aromatic rings. The highest BCUT2D eigenvalue weighted by Gasteiger charge is 2.32. The lowest BCUT2D eigenvalue weighted by Gasteiger charge is -2.32. The third-order valence-electron chi connectivity index (χ3n) is 5.31. The number of hydrogen-bond donors (Lipinski definition) is 2. The molecule has 1 aliphatic heterocycles. The second-order valence-electron chi connectivity index (χ2n) is 7.59. The van der Waals surface area contributed by atoms with Crippen molar-refractivity contribution in [2.75, 3.05) is 18.4 Å². The summed E-state index contributed by atoms with van der Waals surface area (Å²) in [6.07, 6.45) is 4.66. The Balaban J connectivity index is 1.25. The molecule has 2 aliphatic rings. The number of carbonyl (C=O) groups excluding carboxylic acids is 1. The number of piperidine rings is 1. The van der Waals surface area contributed by atoms with Crippen LogP contribution in [0.4, 0.5) is 14.9 Å². The number of nitrogens with zero attached hydrogens (tertiary/aromatic N) is 1. The van der Waals surface area contributed by atoms with Crippen LogP contribution in [-0.2, 0) is 6.61 Å². The zero-order chi connectivity index (χ0) is 19.3. The molecule has 0 aromatic heterocycles. The summed E-state index contributed by atoms with van der Waals surface area (Å²) in [7, 11) is 0. The molecule has 4 rings (SSSR count). The molecule has 2 N–H and O–H groups in total. The van der Waals surface area contributed by atoms with Gasteiger partial charge in [0.05, 0.1) is 0 Å². The summed E-state index contributed by atoms with van der Waals surface area (Å²) < 4.78 is 19.0. The van der Waals surface area contributed by atoms with Crippen molar-refractivity contribution in [3.63, 3.8) is 0 Å². The quantitative estimate of drug-likeness (QED) is 0.788. The molecule has 0 unspecified atom stereocenters. The van der Waals surface area contributed by atoms with Crippen LogP contribution in [0.15, 0.2) is 48.5 Å². The maximum atomic E-state index is 13.2. The molecule has 0 radical (unpaired) electrons. The fourth-order valence-electron chi connectivity index (χ4n) is 3.66. The number of halogens is 1. The van der Waals surface area contributed by atoms with Crippen LogP contribution in [0.25, 0.3) is 0 Å². The second kappa shape index (κ2) is 8.61. The molecule has 1 heterocycles. The van der Waals surface area contributed by atoms with E-state index in [1.165, 1.54) is 25.0 Å². The summed E-state index contributed by atoms with van der Waals surface area (Å²) in [6, 6.07) is 14.4. The Hall–Kier alpha value is -2.60.